The van der Waals surface area contributed by atoms with Crippen LogP contribution in [0.25, 0.3) is 0 Å². The maximum Gasteiger partial charge on any atom is 0.222 e. The Morgan fingerprint density at radius 3 is 2.58 bits per heavy atom. The Hall–Kier alpha value is -0.520. The van der Waals surface area contributed by atoms with Gasteiger partial charge in [-0.1, -0.05) is 19.8 Å². The highest BCUT2D eigenvalue weighted by Crippen LogP contribution is 2.16. The summed E-state index contributed by atoms with van der Waals surface area (Å²) in [5, 5.41) is 0. The lowest BCUT2D eigenvalue weighted by molar-refractivity contribution is -0.170. The van der Waals surface area contributed by atoms with Gasteiger partial charge in [0.05, 0.1) is 13.2 Å². The molecule has 0 amide bonds. The van der Waals surface area contributed by atoms with Crippen molar-refractivity contribution in [2.24, 2.45) is 5.92 Å². The smallest absolute Gasteiger partial charge is 0.222 e. The molecule has 0 atom stereocenters. The number of hydrogen-bond donors (Lipinski definition) is 0. The van der Waals surface area contributed by atoms with E-state index in [1.165, 1.54) is 19.3 Å². The van der Waals surface area contributed by atoms with Crippen LogP contribution in [-0.2, 0) is 9.47 Å². The van der Waals surface area contributed by atoms with Crippen molar-refractivity contribution in [3.8, 4) is 12.3 Å². The van der Waals surface area contributed by atoms with E-state index in [4.69, 9.17) is 15.9 Å². The Kier molecular flexibility index (Phi) is 4.13. The fourth-order valence-corrected chi connectivity index (χ4v) is 1.30. The van der Waals surface area contributed by atoms with Crippen LogP contribution in [0.4, 0.5) is 0 Å². The summed E-state index contributed by atoms with van der Waals surface area (Å²) in [6.07, 6.45) is 8.42. The summed E-state index contributed by atoms with van der Waals surface area (Å²) in [6.45, 7) is 3.71. The monoisotopic (exact) mass is 168 g/mol. The topological polar surface area (TPSA) is 18.5 Å². The molecule has 1 aliphatic rings. The van der Waals surface area contributed by atoms with E-state index in [0.29, 0.717) is 5.92 Å². The fourth-order valence-electron chi connectivity index (χ4n) is 1.30. The van der Waals surface area contributed by atoms with E-state index in [1.54, 1.807) is 0 Å². The van der Waals surface area contributed by atoms with Crippen molar-refractivity contribution < 1.29 is 9.47 Å². The van der Waals surface area contributed by atoms with Crippen molar-refractivity contribution in [1.82, 2.24) is 0 Å². The van der Waals surface area contributed by atoms with Gasteiger partial charge < -0.3 is 9.47 Å². The third-order valence-corrected chi connectivity index (χ3v) is 2.07. The van der Waals surface area contributed by atoms with E-state index in [1.807, 2.05) is 0 Å². The maximum atomic E-state index is 5.28. The van der Waals surface area contributed by atoms with Gasteiger partial charge in [0.1, 0.15) is 0 Å². The molecule has 0 aromatic heterocycles. The Morgan fingerprint density at radius 2 is 2.08 bits per heavy atom. The van der Waals surface area contributed by atoms with Crippen LogP contribution in [0.3, 0.4) is 0 Å². The predicted molar refractivity (Wildman–Crippen MR) is 47.5 cm³/mol. The molecule has 0 aliphatic carbocycles. The highest BCUT2D eigenvalue weighted by Gasteiger charge is 2.19. The first-order valence-corrected chi connectivity index (χ1v) is 4.56. The van der Waals surface area contributed by atoms with E-state index >= 15 is 0 Å². The van der Waals surface area contributed by atoms with Crippen LogP contribution in [0.1, 0.15) is 26.2 Å². The molecule has 1 heterocycles. The van der Waals surface area contributed by atoms with Crippen LogP contribution in [0.15, 0.2) is 0 Å². The minimum absolute atomic E-state index is 0.400. The second-order valence-electron chi connectivity index (χ2n) is 3.17. The number of terminal acetylenes is 1. The summed E-state index contributed by atoms with van der Waals surface area (Å²) in [6, 6.07) is 0. The summed E-state index contributed by atoms with van der Waals surface area (Å²) in [4.78, 5) is 0. The molecule has 0 bridgehead atoms. The molecule has 0 saturated carbocycles. The second kappa shape index (κ2) is 5.18. The fraction of sp³-hybridized carbons (Fsp3) is 0.800. The minimum atomic E-state index is -0.400. The molecule has 0 N–H and O–H groups in total. The van der Waals surface area contributed by atoms with Gasteiger partial charge in [-0.2, -0.15) is 0 Å². The highest BCUT2D eigenvalue weighted by molar-refractivity contribution is 4.90. The number of unbranched alkanes of at least 4 members (excludes halogenated alkanes) is 1. The highest BCUT2D eigenvalue weighted by atomic mass is 16.7. The van der Waals surface area contributed by atoms with E-state index < -0.39 is 6.29 Å². The van der Waals surface area contributed by atoms with Gasteiger partial charge in [0.15, 0.2) is 0 Å². The normalized spacial score (nSPS) is 29.7. The average Bonchev–Trinajstić information content (AvgIpc) is 2.15. The van der Waals surface area contributed by atoms with Crippen LogP contribution in [-0.4, -0.2) is 19.5 Å². The molecule has 0 unspecified atom stereocenters. The van der Waals surface area contributed by atoms with Gasteiger partial charge in [0.2, 0.25) is 6.29 Å². The van der Waals surface area contributed by atoms with Gasteiger partial charge in [-0.3, -0.25) is 0 Å². The quantitative estimate of drug-likeness (QED) is 0.598. The summed E-state index contributed by atoms with van der Waals surface area (Å²) >= 11 is 0. The van der Waals surface area contributed by atoms with Crippen molar-refractivity contribution >= 4 is 0 Å². The minimum Gasteiger partial charge on any atom is -0.342 e. The molecule has 2 nitrogen and oxygen atoms in total. The summed E-state index contributed by atoms with van der Waals surface area (Å²) in [7, 11) is 0. The van der Waals surface area contributed by atoms with E-state index in [-0.39, 0.29) is 0 Å². The molecule has 1 saturated heterocycles. The van der Waals surface area contributed by atoms with Crippen molar-refractivity contribution in [3.63, 3.8) is 0 Å². The Labute approximate surface area is 74.2 Å². The molecule has 68 valence electrons. The SMILES string of the molecule is C#CC1OCC(CCCC)CO1. The van der Waals surface area contributed by atoms with Crippen molar-refractivity contribution in [1.29, 1.82) is 0 Å². The van der Waals surface area contributed by atoms with Crippen LogP contribution in [0.2, 0.25) is 0 Å². The lowest BCUT2D eigenvalue weighted by Gasteiger charge is -2.26. The Bertz CT molecular complexity index is 152. The molecule has 1 rings (SSSR count). The molecule has 1 aliphatic heterocycles. The molecule has 2 heteroatoms. The van der Waals surface area contributed by atoms with E-state index in [9.17, 15) is 0 Å². The molecule has 0 aromatic rings. The van der Waals surface area contributed by atoms with E-state index in [0.717, 1.165) is 13.2 Å². The van der Waals surface area contributed by atoms with Gasteiger partial charge in [-0.25, -0.2) is 0 Å². The van der Waals surface area contributed by atoms with Gasteiger partial charge in [0, 0.05) is 5.92 Å². The summed E-state index contributed by atoms with van der Waals surface area (Å²) in [5.41, 5.74) is 0. The standard InChI is InChI=1S/C10H16O2/c1-3-5-6-9-7-11-10(4-2)12-8-9/h2,9-10H,3,5-8H2,1H3. The largest absolute Gasteiger partial charge is 0.342 e. The van der Waals surface area contributed by atoms with Crippen molar-refractivity contribution in [3.05, 3.63) is 0 Å². The molecule has 1 fully saturated rings. The second-order valence-corrected chi connectivity index (χ2v) is 3.17. The average molecular weight is 168 g/mol. The van der Waals surface area contributed by atoms with Gasteiger partial charge in [-0.15, -0.1) is 6.42 Å². The lowest BCUT2D eigenvalue weighted by Crippen LogP contribution is -2.30. The first kappa shape index (κ1) is 9.57. The maximum absolute atomic E-state index is 5.28. The number of rotatable bonds is 3. The summed E-state index contributed by atoms with van der Waals surface area (Å²) in [5.74, 6) is 2.99. The molecule has 0 aromatic carbocycles. The zero-order valence-corrected chi connectivity index (χ0v) is 7.58. The first-order valence-electron chi connectivity index (χ1n) is 4.56. The van der Waals surface area contributed by atoms with Gasteiger partial charge in [-0.05, 0) is 12.3 Å². The van der Waals surface area contributed by atoms with Gasteiger partial charge >= 0.3 is 0 Å². The van der Waals surface area contributed by atoms with Gasteiger partial charge in [0.25, 0.3) is 0 Å². The van der Waals surface area contributed by atoms with Crippen LogP contribution < -0.4 is 0 Å². The predicted octanol–water partition coefficient (Wildman–Crippen LogP) is 1.80. The van der Waals surface area contributed by atoms with E-state index in [2.05, 4.69) is 12.8 Å². The van der Waals surface area contributed by atoms with Crippen LogP contribution >= 0.6 is 0 Å². The van der Waals surface area contributed by atoms with Crippen LogP contribution in [0, 0.1) is 18.3 Å². The zero-order valence-electron chi connectivity index (χ0n) is 7.58. The first-order chi connectivity index (χ1) is 5.86. The molecular weight excluding hydrogens is 152 g/mol. The molecule has 0 spiro atoms. The Balaban J connectivity index is 2.14. The number of hydrogen-bond acceptors (Lipinski definition) is 2. The molecule has 12 heavy (non-hydrogen) atoms. The lowest BCUT2D eigenvalue weighted by atomic mass is 10.0. The summed E-state index contributed by atoms with van der Waals surface area (Å²) < 4.78 is 10.6. The third-order valence-electron chi connectivity index (χ3n) is 2.07. The molecule has 0 radical (unpaired) electrons. The van der Waals surface area contributed by atoms with Crippen molar-refractivity contribution in [2.75, 3.05) is 13.2 Å². The van der Waals surface area contributed by atoms with Crippen molar-refractivity contribution in [2.45, 2.75) is 32.5 Å². The Morgan fingerprint density at radius 1 is 1.42 bits per heavy atom. The number of ether oxygens (including phenoxy) is 2. The molecular formula is C10H16O2. The van der Waals surface area contributed by atoms with Crippen LogP contribution in [0.5, 0.6) is 0 Å². The zero-order chi connectivity index (χ0) is 8.81. The third kappa shape index (κ3) is 2.84.